The van der Waals surface area contributed by atoms with Crippen LogP contribution in [0.25, 0.3) is 22.2 Å². The number of H-pyrrole nitrogens is 1. The minimum absolute atomic E-state index is 0.0702. The van der Waals surface area contributed by atoms with E-state index in [1.54, 1.807) is 24.4 Å². The molecule has 118 valence electrons. The van der Waals surface area contributed by atoms with Crippen LogP contribution in [0.2, 0.25) is 0 Å². The topological polar surface area (TPSA) is 114 Å². The Morgan fingerprint density at radius 3 is 2.87 bits per heavy atom. The lowest BCUT2D eigenvalue weighted by Gasteiger charge is -2.07. The summed E-state index contributed by atoms with van der Waals surface area (Å²) in [5.41, 5.74) is 8.08. The molecule has 0 aliphatic heterocycles. The molecule has 1 saturated carbocycles. The van der Waals surface area contributed by atoms with Gasteiger partial charge in [0.1, 0.15) is 17.8 Å². The van der Waals surface area contributed by atoms with Crippen LogP contribution in [0.3, 0.4) is 0 Å². The van der Waals surface area contributed by atoms with Crippen LogP contribution in [0.5, 0.6) is 0 Å². The van der Waals surface area contributed by atoms with Crippen LogP contribution in [-0.2, 0) is 10.0 Å². The van der Waals surface area contributed by atoms with Gasteiger partial charge in [0.15, 0.2) is 0 Å². The average Bonchev–Trinajstić information content (AvgIpc) is 3.22. The second-order valence-electron chi connectivity index (χ2n) is 5.61. The fourth-order valence-electron chi connectivity index (χ4n) is 2.53. The van der Waals surface area contributed by atoms with Crippen molar-refractivity contribution in [1.29, 1.82) is 0 Å². The fourth-order valence-corrected chi connectivity index (χ4v) is 3.88. The highest BCUT2D eigenvalue weighted by molar-refractivity contribution is 7.89. The van der Waals surface area contributed by atoms with E-state index in [9.17, 15) is 8.42 Å². The molecule has 0 saturated heterocycles. The van der Waals surface area contributed by atoms with Crippen molar-refractivity contribution in [2.45, 2.75) is 23.8 Å². The fraction of sp³-hybridized carbons (Fsp3) is 0.200. The largest absolute Gasteiger partial charge is 0.383 e. The second kappa shape index (κ2) is 5.04. The summed E-state index contributed by atoms with van der Waals surface area (Å²) in [6, 6.07) is 6.85. The first kappa shape index (κ1) is 14.2. The third kappa shape index (κ3) is 2.55. The predicted octanol–water partition coefficient (Wildman–Crippen LogP) is 1.65. The maximum Gasteiger partial charge on any atom is 0.240 e. The lowest BCUT2D eigenvalue weighted by molar-refractivity contribution is 0.581. The number of nitrogens with zero attached hydrogens (tertiary/aromatic N) is 2. The van der Waals surface area contributed by atoms with Crippen LogP contribution in [0.15, 0.2) is 41.7 Å². The standard InChI is InChI=1S/C15H15N5O2S/c16-14-13-12(7-17-15(13)19-8-18-14)9-2-1-3-11(6-9)23(21,22)20-10-4-5-10/h1-3,6-8,10,20H,4-5H2,(H3,16,17,18,19). The van der Waals surface area contributed by atoms with Crippen molar-refractivity contribution in [3.63, 3.8) is 0 Å². The zero-order valence-electron chi connectivity index (χ0n) is 12.2. The van der Waals surface area contributed by atoms with Crippen molar-refractivity contribution in [1.82, 2.24) is 19.7 Å². The van der Waals surface area contributed by atoms with Crippen molar-refractivity contribution in [3.05, 3.63) is 36.8 Å². The molecule has 1 fully saturated rings. The zero-order valence-corrected chi connectivity index (χ0v) is 13.0. The summed E-state index contributed by atoms with van der Waals surface area (Å²) in [5, 5.41) is 0.692. The van der Waals surface area contributed by atoms with Crippen LogP contribution >= 0.6 is 0 Å². The molecule has 0 spiro atoms. The molecule has 1 aliphatic carbocycles. The SMILES string of the molecule is Nc1ncnc2[nH]cc(-c3cccc(S(=O)(=O)NC4CC4)c3)c12. The maximum atomic E-state index is 12.4. The monoisotopic (exact) mass is 329 g/mol. The van der Waals surface area contributed by atoms with Gasteiger partial charge in [-0.2, -0.15) is 0 Å². The van der Waals surface area contributed by atoms with Crippen LogP contribution in [0.4, 0.5) is 5.82 Å². The van der Waals surface area contributed by atoms with Gasteiger partial charge in [0.25, 0.3) is 0 Å². The van der Waals surface area contributed by atoms with Crippen LogP contribution < -0.4 is 10.5 Å². The Balaban J connectivity index is 1.81. The molecule has 0 unspecified atom stereocenters. The number of hydrogen-bond acceptors (Lipinski definition) is 5. The number of aromatic amines is 1. The summed E-state index contributed by atoms with van der Waals surface area (Å²) >= 11 is 0. The van der Waals surface area contributed by atoms with E-state index < -0.39 is 10.0 Å². The number of nitrogens with one attached hydrogen (secondary N) is 2. The van der Waals surface area contributed by atoms with E-state index in [1.807, 2.05) is 6.07 Å². The van der Waals surface area contributed by atoms with E-state index in [-0.39, 0.29) is 10.9 Å². The highest BCUT2D eigenvalue weighted by Crippen LogP contribution is 2.32. The summed E-state index contributed by atoms with van der Waals surface area (Å²) in [4.78, 5) is 11.4. The van der Waals surface area contributed by atoms with Gasteiger partial charge in [-0.25, -0.2) is 23.1 Å². The first-order valence-corrected chi connectivity index (χ1v) is 8.73. The number of benzene rings is 1. The molecule has 2 heterocycles. The predicted molar refractivity (Wildman–Crippen MR) is 87.1 cm³/mol. The molecule has 1 aromatic carbocycles. The van der Waals surface area contributed by atoms with Crippen LogP contribution in [-0.4, -0.2) is 29.4 Å². The molecular weight excluding hydrogens is 314 g/mol. The minimum Gasteiger partial charge on any atom is -0.383 e. The molecule has 3 aromatic rings. The number of anilines is 1. The zero-order chi connectivity index (χ0) is 16.0. The van der Waals surface area contributed by atoms with Crippen molar-refractivity contribution >= 4 is 26.9 Å². The van der Waals surface area contributed by atoms with Crippen molar-refractivity contribution in [2.24, 2.45) is 0 Å². The number of aromatic nitrogens is 3. The quantitative estimate of drug-likeness (QED) is 0.673. The molecule has 1 aliphatic rings. The molecule has 23 heavy (non-hydrogen) atoms. The molecular formula is C15H15N5O2S. The smallest absolute Gasteiger partial charge is 0.240 e. The van der Waals surface area contributed by atoms with Gasteiger partial charge in [0.2, 0.25) is 10.0 Å². The van der Waals surface area contributed by atoms with Crippen molar-refractivity contribution < 1.29 is 8.42 Å². The first-order valence-electron chi connectivity index (χ1n) is 7.25. The Bertz CT molecular complexity index is 992. The van der Waals surface area contributed by atoms with Crippen molar-refractivity contribution in [2.75, 3.05) is 5.73 Å². The Morgan fingerprint density at radius 1 is 1.26 bits per heavy atom. The number of nitrogen functional groups attached to an aromatic ring is 1. The van der Waals surface area contributed by atoms with Crippen LogP contribution in [0, 0.1) is 0 Å². The lowest BCUT2D eigenvalue weighted by atomic mass is 10.1. The normalized spacial score (nSPS) is 15.1. The molecule has 0 radical (unpaired) electrons. The number of fused-ring (bicyclic) bond motifs is 1. The minimum atomic E-state index is -3.50. The van der Waals surface area contributed by atoms with E-state index >= 15 is 0 Å². The molecule has 0 amide bonds. The Labute approximate surface area is 133 Å². The third-order valence-electron chi connectivity index (χ3n) is 3.85. The van der Waals surface area contributed by atoms with Gasteiger partial charge < -0.3 is 10.7 Å². The van der Waals surface area contributed by atoms with Gasteiger partial charge in [-0.3, -0.25) is 0 Å². The van der Waals surface area contributed by atoms with Gasteiger partial charge in [0, 0.05) is 17.8 Å². The summed E-state index contributed by atoms with van der Waals surface area (Å²) in [6.45, 7) is 0. The van der Waals surface area contributed by atoms with E-state index in [0.717, 1.165) is 24.0 Å². The Hall–Kier alpha value is -2.45. The number of sulfonamides is 1. The summed E-state index contributed by atoms with van der Waals surface area (Å²) in [5.74, 6) is 0.357. The molecule has 4 rings (SSSR count). The van der Waals surface area contributed by atoms with E-state index in [1.165, 1.54) is 6.33 Å². The second-order valence-corrected chi connectivity index (χ2v) is 7.32. The van der Waals surface area contributed by atoms with Gasteiger partial charge in [-0.1, -0.05) is 12.1 Å². The Morgan fingerprint density at radius 2 is 2.09 bits per heavy atom. The van der Waals surface area contributed by atoms with E-state index in [0.29, 0.717) is 16.9 Å². The van der Waals surface area contributed by atoms with Gasteiger partial charge >= 0.3 is 0 Å². The summed E-state index contributed by atoms with van der Waals surface area (Å²) in [6.07, 6.45) is 4.94. The average molecular weight is 329 g/mol. The first-order chi connectivity index (χ1) is 11.0. The van der Waals surface area contributed by atoms with Gasteiger partial charge in [-0.05, 0) is 30.5 Å². The molecule has 8 heteroatoms. The highest BCUT2D eigenvalue weighted by atomic mass is 32.2. The summed E-state index contributed by atoms with van der Waals surface area (Å²) < 4.78 is 27.4. The van der Waals surface area contributed by atoms with Crippen LogP contribution in [0.1, 0.15) is 12.8 Å². The van der Waals surface area contributed by atoms with E-state index in [4.69, 9.17) is 5.73 Å². The number of rotatable bonds is 4. The van der Waals surface area contributed by atoms with Gasteiger partial charge in [-0.15, -0.1) is 0 Å². The van der Waals surface area contributed by atoms with Gasteiger partial charge in [0.05, 0.1) is 10.3 Å². The molecule has 7 nitrogen and oxygen atoms in total. The number of nitrogens with two attached hydrogens (primary N) is 1. The van der Waals surface area contributed by atoms with E-state index in [2.05, 4.69) is 19.7 Å². The maximum absolute atomic E-state index is 12.4. The molecule has 4 N–H and O–H groups in total. The highest BCUT2D eigenvalue weighted by Gasteiger charge is 2.28. The lowest BCUT2D eigenvalue weighted by Crippen LogP contribution is -2.25. The Kier molecular flexibility index (Phi) is 3.10. The molecule has 0 atom stereocenters. The third-order valence-corrected chi connectivity index (χ3v) is 5.37. The van der Waals surface area contributed by atoms with Crippen molar-refractivity contribution in [3.8, 4) is 11.1 Å². The molecule has 0 bridgehead atoms. The summed E-state index contributed by atoms with van der Waals surface area (Å²) in [7, 11) is -3.50. The number of hydrogen-bond donors (Lipinski definition) is 3. The molecule has 2 aromatic heterocycles.